The van der Waals surface area contributed by atoms with Crippen molar-refractivity contribution in [2.24, 2.45) is 16.6 Å². The normalized spacial score (nSPS) is 23.0. The predicted octanol–water partition coefficient (Wildman–Crippen LogP) is 7.74. The second-order valence-electron chi connectivity index (χ2n) is 11.3. The minimum atomic E-state index is 0.00205. The molecule has 216 valence electrons. The predicted molar refractivity (Wildman–Crippen MR) is 175 cm³/mol. The first-order valence-electron chi connectivity index (χ1n) is 14.7. The summed E-state index contributed by atoms with van der Waals surface area (Å²) in [6.07, 6.45) is 16.8. The number of allylic oxidation sites excluding steroid dienone is 6. The van der Waals surface area contributed by atoms with Crippen molar-refractivity contribution < 1.29 is 9.53 Å². The summed E-state index contributed by atoms with van der Waals surface area (Å²) in [5, 5.41) is 12.1. The van der Waals surface area contributed by atoms with E-state index in [4.69, 9.17) is 20.9 Å². The number of anilines is 1. The number of carbonyl (C=O) groups excluding carboxylic acids is 1. The number of aryl methyl sites for hydroxylation is 1. The van der Waals surface area contributed by atoms with Crippen LogP contribution >= 0.6 is 0 Å². The van der Waals surface area contributed by atoms with E-state index in [9.17, 15) is 4.79 Å². The van der Waals surface area contributed by atoms with Gasteiger partial charge in [-0.3, -0.25) is 9.79 Å². The van der Waals surface area contributed by atoms with Crippen LogP contribution in [0.5, 0.6) is 5.75 Å². The Hall–Kier alpha value is -4.29. The second kappa shape index (κ2) is 12.7. The molecule has 4 N–H and O–H groups in total. The Bertz CT molecular complexity index is 1580. The van der Waals surface area contributed by atoms with Crippen molar-refractivity contribution in [2.45, 2.75) is 58.4 Å². The molecule has 0 spiro atoms. The largest absolute Gasteiger partial charge is 0.496 e. The molecule has 0 radical (unpaired) electrons. The maximum absolute atomic E-state index is 13.1. The molecule has 6 heteroatoms. The topological polar surface area (TPSA) is 101 Å². The van der Waals surface area contributed by atoms with E-state index in [1.54, 1.807) is 7.11 Å². The van der Waals surface area contributed by atoms with Gasteiger partial charge in [0, 0.05) is 52.3 Å². The number of carbonyl (C=O) groups is 1. The van der Waals surface area contributed by atoms with E-state index in [1.165, 1.54) is 0 Å². The summed E-state index contributed by atoms with van der Waals surface area (Å²) in [6, 6.07) is 10.1. The van der Waals surface area contributed by atoms with Crippen molar-refractivity contribution in [1.82, 2.24) is 0 Å². The molecule has 2 aliphatic carbocycles. The Balaban J connectivity index is 1.32. The molecule has 0 atom stereocenters. The number of Topliss-reactive ketones (excluding diaryl/α,β-unsaturated/α-hetero) is 1. The molecule has 0 unspecified atom stereocenters. The summed E-state index contributed by atoms with van der Waals surface area (Å²) in [5.41, 5.74) is 16.1. The molecule has 2 aromatic rings. The van der Waals surface area contributed by atoms with Crippen molar-refractivity contribution in [3.63, 3.8) is 0 Å². The van der Waals surface area contributed by atoms with E-state index in [0.717, 1.165) is 88.3 Å². The van der Waals surface area contributed by atoms with Crippen molar-refractivity contribution in [3.05, 3.63) is 107 Å². The van der Waals surface area contributed by atoms with E-state index in [1.807, 2.05) is 43.5 Å². The number of hydrogen-bond donors (Lipinski definition) is 3. The maximum atomic E-state index is 13.1. The van der Waals surface area contributed by atoms with Crippen LogP contribution in [0.15, 0.2) is 83.7 Å². The van der Waals surface area contributed by atoms with E-state index in [-0.39, 0.29) is 24.2 Å². The number of hydrogen-bond acceptors (Lipinski definition) is 6. The highest BCUT2D eigenvalue weighted by Gasteiger charge is 2.26. The highest BCUT2D eigenvalue weighted by Crippen LogP contribution is 2.38. The molecular formula is C36H40N4O2. The number of nitrogens with one attached hydrogen (secondary N) is 2. The highest BCUT2D eigenvalue weighted by molar-refractivity contribution is 6.25. The van der Waals surface area contributed by atoms with Gasteiger partial charge in [-0.05, 0) is 92.8 Å². The van der Waals surface area contributed by atoms with Gasteiger partial charge in [0.1, 0.15) is 5.75 Å². The Morgan fingerprint density at radius 1 is 1.17 bits per heavy atom. The highest BCUT2D eigenvalue weighted by atomic mass is 16.5. The fraction of sp³-hybridized carbons (Fsp3) is 0.306. The third-order valence-corrected chi connectivity index (χ3v) is 8.59. The summed E-state index contributed by atoms with van der Waals surface area (Å²) >= 11 is 0. The molecule has 2 aromatic carbocycles. The summed E-state index contributed by atoms with van der Waals surface area (Å²) in [5.74, 6) is 0.975. The molecule has 1 aliphatic heterocycles. The van der Waals surface area contributed by atoms with Crippen LogP contribution in [0.1, 0.15) is 71.1 Å². The van der Waals surface area contributed by atoms with Gasteiger partial charge in [-0.25, -0.2) is 0 Å². The number of ketones is 1. The van der Waals surface area contributed by atoms with Crippen LogP contribution in [0.25, 0.3) is 11.6 Å². The molecule has 0 aromatic heterocycles. The van der Waals surface area contributed by atoms with Crippen molar-refractivity contribution in [2.75, 3.05) is 12.4 Å². The van der Waals surface area contributed by atoms with Crippen LogP contribution in [-0.2, 0) is 0 Å². The van der Waals surface area contributed by atoms with Crippen LogP contribution in [-0.4, -0.2) is 30.4 Å². The molecule has 0 amide bonds. The number of fused-ring (bicyclic) bond motifs is 1. The first-order chi connectivity index (χ1) is 20.3. The molecule has 0 bridgehead atoms. The van der Waals surface area contributed by atoms with Gasteiger partial charge in [0.2, 0.25) is 0 Å². The number of methoxy groups -OCH3 is 1. The fourth-order valence-corrected chi connectivity index (χ4v) is 6.15. The summed E-state index contributed by atoms with van der Waals surface area (Å²) in [4.78, 5) is 18.0. The molecule has 42 heavy (non-hydrogen) atoms. The molecule has 3 aliphatic rings. The maximum Gasteiger partial charge on any atom is 0.168 e. The van der Waals surface area contributed by atoms with Gasteiger partial charge >= 0.3 is 0 Å². The zero-order valence-electron chi connectivity index (χ0n) is 24.8. The minimum absolute atomic E-state index is 0.00205. The summed E-state index contributed by atoms with van der Waals surface area (Å²) in [7, 11) is 1.67. The number of nitrogens with two attached hydrogens (primary N) is 1. The molecule has 5 rings (SSSR count). The van der Waals surface area contributed by atoms with Gasteiger partial charge in [0.25, 0.3) is 0 Å². The van der Waals surface area contributed by atoms with Gasteiger partial charge in [0.05, 0.1) is 18.5 Å². The van der Waals surface area contributed by atoms with Crippen LogP contribution in [0.3, 0.4) is 0 Å². The van der Waals surface area contributed by atoms with Gasteiger partial charge in [0.15, 0.2) is 5.78 Å². The van der Waals surface area contributed by atoms with E-state index >= 15 is 0 Å². The summed E-state index contributed by atoms with van der Waals surface area (Å²) < 4.78 is 5.54. The lowest BCUT2D eigenvalue weighted by molar-refractivity contribution is 0.0998. The van der Waals surface area contributed by atoms with E-state index in [2.05, 4.69) is 49.2 Å². The van der Waals surface area contributed by atoms with Gasteiger partial charge in [-0.15, -0.1) is 0 Å². The molecular weight excluding hydrogens is 520 g/mol. The minimum Gasteiger partial charge on any atom is -0.496 e. The first-order valence-corrected chi connectivity index (χ1v) is 14.7. The number of aliphatic imine (C=N–C) groups is 1. The Labute approximate surface area is 249 Å². The van der Waals surface area contributed by atoms with E-state index < -0.39 is 0 Å². The van der Waals surface area contributed by atoms with Gasteiger partial charge in [-0.2, -0.15) is 0 Å². The van der Waals surface area contributed by atoms with Gasteiger partial charge < -0.3 is 21.2 Å². The van der Waals surface area contributed by atoms with Crippen molar-refractivity contribution >= 4 is 34.5 Å². The molecule has 1 heterocycles. The standard InChI is InChI=1S/C36H40N4O2/c1-5-27-23(3)29(17-18-35(27)42-4)31-21-39-36-30(31)9-7-6-8-10-33(36)40-26-15-16-28(22(2)19-26)34(41)20-32(38)24-11-13-25(37)14-12-24/h5-7,9-10,15-19,21,24-25,38,40H,1,8,11-14,20,37H2,2-4H3/b7-6-,30-9-,33-10-,38-32?. The number of ether oxygens (including phenoxy) is 1. The third kappa shape index (κ3) is 6.00. The zero-order chi connectivity index (χ0) is 29.8. The zero-order valence-corrected chi connectivity index (χ0v) is 24.8. The lowest BCUT2D eigenvalue weighted by Gasteiger charge is -2.26. The van der Waals surface area contributed by atoms with Crippen molar-refractivity contribution in [1.29, 1.82) is 5.41 Å². The average Bonchev–Trinajstić information content (AvgIpc) is 3.37. The number of nitrogens with zero attached hydrogens (tertiary/aromatic N) is 1. The first kappa shape index (κ1) is 29.2. The Morgan fingerprint density at radius 3 is 2.67 bits per heavy atom. The molecule has 6 nitrogen and oxygen atoms in total. The Kier molecular flexibility index (Phi) is 8.83. The summed E-state index contributed by atoms with van der Waals surface area (Å²) in [6.45, 7) is 8.03. The quantitative estimate of drug-likeness (QED) is 0.216. The molecule has 0 saturated heterocycles. The third-order valence-electron chi connectivity index (χ3n) is 8.59. The average molecular weight is 561 g/mol. The molecule has 1 saturated carbocycles. The van der Waals surface area contributed by atoms with Crippen LogP contribution in [0.2, 0.25) is 0 Å². The smallest absolute Gasteiger partial charge is 0.168 e. The van der Waals surface area contributed by atoms with Crippen LogP contribution in [0.4, 0.5) is 5.69 Å². The molecule has 1 fully saturated rings. The lowest BCUT2D eigenvalue weighted by atomic mass is 9.81. The SMILES string of the molecule is C=Cc1c(OC)ccc(C2=CN=C3/C(Nc4ccc(C(=O)CC(=N)C5CCC(N)CC5)c(C)c4)=C/C/C=C\C=C\23)c1C. The van der Waals surface area contributed by atoms with Crippen LogP contribution in [0, 0.1) is 25.2 Å². The number of benzene rings is 2. The monoisotopic (exact) mass is 560 g/mol. The van der Waals surface area contributed by atoms with Gasteiger partial charge in [-0.1, -0.05) is 43.0 Å². The van der Waals surface area contributed by atoms with Crippen LogP contribution < -0.4 is 15.8 Å². The number of rotatable bonds is 9. The Morgan fingerprint density at radius 2 is 1.95 bits per heavy atom. The fourth-order valence-electron chi connectivity index (χ4n) is 6.15. The lowest BCUT2D eigenvalue weighted by Crippen LogP contribution is -2.30. The second-order valence-corrected chi connectivity index (χ2v) is 11.3. The van der Waals surface area contributed by atoms with E-state index in [0.29, 0.717) is 11.3 Å². The van der Waals surface area contributed by atoms with Crippen molar-refractivity contribution in [3.8, 4) is 5.75 Å².